The van der Waals surface area contributed by atoms with Gasteiger partial charge in [0.15, 0.2) is 0 Å². The summed E-state index contributed by atoms with van der Waals surface area (Å²) in [4.78, 5) is 8.41. The highest BCUT2D eigenvalue weighted by Crippen LogP contribution is 2.10. The Bertz CT molecular complexity index is 293. The topological polar surface area (TPSA) is 47.0 Å². The van der Waals surface area contributed by atoms with Gasteiger partial charge in [-0.25, -0.2) is 4.98 Å². The predicted octanol–water partition coefficient (Wildman–Crippen LogP) is 1.57. The van der Waals surface area contributed by atoms with Gasteiger partial charge in [-0.15, -0.1) is 0 Å². The molecule has 0 aliphatic heterocycles. The van der Waals surface area contributed by atoms with E-state index >= 15 is 0 Å². The van der Waals surface area contributed by atoms with Crippen LogP contribution in [0.5, 0.6) is 5.88 Å². The van der Waals surface area contributed by atoms with Crippen molar-refractivity contribution in [2.24, 2.45) is 0 Å². The van der Waals surface area contributed by atoms with Gasteiger partial charge in [0.25, 0.3) is 0 Å². The SMILES string of the molecule is COc1cc(C)nc(NCCSC)n1. The van der Waals surface area contributed by atoms with Crippen LogP contribution in [0, 0.1) is 6.92 Å². The van der Waals surface area contributed by atoms with Crippen LogP contribution in [0.15, 0.2) is 6.07 Å². The Balaban J connectivity index is 2.62. The van der Waals surface area contributed by atoms with E-state index in [0.29, 0.717) is 11.8 Å². The molecular weight excluding hydrogens is 198 g/mol. The maximum absolute atomic E-state index is 5.05. The molecule has 4 nitrogen and oxygen atoms in total. The lowest BCUT2D eigenvalue weighted by Crippen LogP contribution is -2.08. The van der Waals surface area contributed by atoms with Crippen molar-refractivity contribution in [3.63, 3.8) is 0 Å². The van der Waals surface area contributed by atoms with Crippen LogP contribution in [0.3, 0.4) is 0 Å². The van der Waals surface area contributed by atoms with Gasteiger partial charge in [-0.05, 0) is 13.2 Å². The third kappa shape index (κ3) is 3.41. The standard InChI is InChI=1S/C9H15N3OS/c1-7-6-8(13-2)12-9(11-7)10-4-5-14-3/h6H,4-5H2,1-3H3,(H,10,11,12). The van der Waals surface area contributed by atoms with Crippen molar-refractivity contribution in [3.05, 3.63) is 11.8 Å². The van der Waals surface area contributed by atoms with E-state index < -0.39 is 0 Å². The Kier molecular flexibility index (Phi) is 4.52. The second-order valence-corrected chi connectivity index (χ2v) is 3.78. The third-order valence-corrected chi connectivity index (χ3v) is 2.24. The van der Waals surface area contributed by atoms with Crippen molar-refractivity contribution in [3.8, 4) is 5.88 Å². The van der Waals surface area contributed by atoms with E-state index in [9.17, 15) is 0 Å². The number of methoxy groups -OCH3 is 1. The van der Waals surface area contributed by atoms with Crippen molar-refractivity contribution in [1.82, 2.24) is 9.97 Å². The van der Waals surface area contributed by atoms with Crippen LogP contribution < -0.4 is 10.1 Å². The van der Waals surface area contributed by atoms with Gasteiger partial charge in [-0.3, -0.25) is 0 Å². The molecule has 0 unspecified atom stereocenters. The summed E-state index contributed by atoms with van der Waals surface area (Å²) < 4.78 is 5.05. The summed E-state index contributed by atoms with van der Waals surface area (Å²) in [6.07, 6.45) is 2.07. The highest BCUT2D eigenvalue weighted by molar-refractivity contribution is 7.98. The predicted molar refractivity (Wildman–Crippen MR) is 60.2 cm³/mol. The largest absolute Gasteiger partial charge is 0.481 e. The van der Waals surface area contributed by atoms with Crippen LogP contribution >= 0.6 is 11.8 Å². The Morgan fingerprint density at radius 1 is 1.50 bits per heavy atom. The summed E-state index contributed by atoms with van der Waals surface area (Å²) in [5.41, 5.74) is 0.906. The second kappa shape index (κ2) is 5.70. The molecule has 0 spiro atoms. The van der Waals surface area contributed by atoms with E-state index in [4.69, 9.17) is 4.74 Å². The molecule has 1 heterocycles. The van der Waals surface area contributed by atoms with Gasteiger partial charge >= 0.3 is 0 Å². The minimum absolute atomic E-state index is 0.601. The highest BCUT2D eigenvalue weighted by Gasteiger charge is 2.00. The van der Waals surface area contributed by atoms with Crippen molar-refractivity contribution < 1.29 is 4.74 Å². The van der Waals surface area contributed by atoms with Crippen molar-refractivity contribution in [1.29, 1.82) is 0 Å². The molecule has 0 aliphatic rings. The van der Waals surface area contributed by atoms with Gasteiger partial charge in [0.1, 0.15) is 0 Å². The zero-order valence-electron chi connectivity index (χ0n) is 8.70. The van der Waals surface area contributed by atoms with Crippen molar-refractivity contribution in [2.45, 2.75) is 6.92 Å². The number of thioether (sulfide) groups is 1. The number of aryl methyl sites for hydroxylation is 1. The molecule has 14 heavy (non-hydrogen) atoms. The Labute approximate surface area is 88.5 Å². The summed E-state index contributed by atoms with van der Waals surface area (Å²) >= 11 is 1.79. The van der Waals surface area contributed by atoms with Crippen LogP contribution in [0.1, 0.15) is 5.69 Å². The van der Waals surface area contributed by atoms with E-state index in [2.05, 4.69) is 21.5 Å². The minimum Gasteiger partial charge on any atom is -0.481 e. The lowest BCUT2D eigenvalue weighted by Gasteiger charge is -2.06. The quantitative estimate of drug-likeness (QED) is 0.752. The van der Waals surface area contributed by atoms with E-state index in [0.717, 1.165) is 18.0 Å². The van der Waals surface area contributed by atoms with E-state index in [-0.39, 0.29) is 0 Å². The molecule has 1 aromatic heterocycles. The van der Waals surface area contributed by atoms with Gasteiger partial charge in [-0.1, -0.05) is 0 Å². The number of hydrogen-bond acceptors (Lipinski definition) is 5. The molecule has 0 amide bonds. The Morgan fingerprint density at radius 2 is 2.29 bits per heavy atom. The summed E-state index contributed by atoms with van der Waals surface area (Å²) in [5, 5.41) is 3.14. The Morgan fingerprint density at radius 3 is 2.93 bits per heavy atom. The van der Waals surface area contributed by atoms with Gasteiger partial charge < -0.3 is 10.1 Å². The maximum atomic E-state index is 5.05. The molecule has 1 aromatic rings. The van der Waals surface area contributed by atoms with E-state index in [1.54, 1.807) is 24.9 Å². The number of nitrogens with zero attached hydrogens (tertiary/aromatic N) is 2. The number of rotatable bonds is 5. The lowest BCUT2D eigenvalue weighted by molar-refractivity contribution is 0.397. The summed E-state index contributed by atoms with van der Waals surface area (Å²) in [6, 6.07) is 1.81. The van der Waals surface area contributed by atoms with Crippen LogP contribution in [-0.4, -0.2) is 35.6 Å². The third-order valence-electron chi connectivity index (χ3n) is 1.63. The molecule has 1 rings (SSSR count). The molecule has 0 aromatic carbocycles. The van der Waals surface area contributed by atoms with Gasteiger partial charge in [0, 0.05) is 24.1 Å². The average molecular weight is 213 g/mol. The summed E-state index contributed by atoms with van der Waals surface area (Å²) in [7, 11) is 1.60. The molecule has 0 saturated heterocycles. The number of ether oxygens (including phenoxy) is 1. The fourth-order valence-corrected chi connectivity index (χ4v) is 1.29. The number of anilines is 1. The maximum Gasteiger partial charge on any atom is 0.226 e. The number of aromatic nitrogens is 2. The number of nitrogens with one attached hydrogen (secondary N) is 1. The van der Waals surface area contributed by atoms with Gasteiger partial charge in [0.2, 0.25) is 11.8 Å². The molecule has 5 heteroatoms. The minimum atomic E-state index is 0.601. The van der Waals surface area contributed by atoms with E-state index in [1.807, 2.05) is 6.92 Å². The van der Waals surface area contributed by atoms with E-state index in [1.165, 1.54) is 0 Å². The average Bonchev–Trinajstić information content (AvgIpc) is 2.17. The molecule has 0 saturated carbocycles. The zero-order valence-corrected chi connectivity index (χ0v) is 9.52. The fraction of sp³-hybridized carbons (Fsp3) is 0.556. The van der Waals surface area contributed by atoms with Gasteiger partial charge in [0.05, 0.1) is 7.11 Å². The molecule has 78 valence electrons. The number of hydrogen-bond donors (Lipinski definition) is 1. The molecule has 0 radical (unpaired) electrons. The highest BCUT2D eigenvalue weighted by atomic mass is 32.2. The lowest BCUT2D eigenvalue weighted by atomic mass is 10.4. The molecule has 1 N–H and O–H groups in total. The molecular formula is C9H15N3OS. The molecule has 0 fully saturated rings. The second-order valence-electron chi connectivity index (χ2n) is 2.79. The zero-order chi connectivity index (χ0) is 10.4. The smallest absolute Gasteiger partial charge is 0.226 e. The molecule has 0 aliphatic carbocycles. The van der Waals surface area contributed by atoms with Crippen LogP contribution in [0.4, 0.5) is 5.95 Å². The normalized spacial score (nSPS) is 9.93. The van der Waals surface area contributed by atoms with Crippen molar-refractivity contribution >= 4 is 17.7 Å². The van der Waals surface area contributed by atoms with Crippen LogP contribution in [0.25, 0.3) is 0 Å². The first kappa shape index (κ1) is 11.1. The van der Waals surface area contributed by atoms with Gasteiger partial charge in [-0.2, -0.15) is 16.7 Å². The first-order chi connectivity index (χ1) is 6.76. The summed E-state index contributed by atoms with van der Waals surface area (Å²) in [6.45, 7) is 2.79. The summed E-state index contributed by atoms with van der Waals surface area (Å²) in [5.74, 6) is 2.28. The van der Waals surface area contributed by atoms with Crippen molar-refractivity contribution in [2.75, 3.05) is 31.0 Å². The first-order valence-electron chi connectivity index (χ1n) is 4.38. The fourth-order valence-electron chi connectivity index (χ4n) is 0.988. The molecule has 0 atom stereocenters. The monoisotopic (exact) mass is 213 g/mol. The first-order valence-corrected chi connectivity index (χ1v) is 5.78. The van der Waals surface area contributed by atoms with Crippen LogP contribution in [0.2, 0.25) is 0 Å². The Hall–Kier alpha value is -0.970. The molecule has 0 bridgehead atoms. The van der Waals surface area contributed by atoms with Crippen LogP contribution in [-0.2, 0) is 0 Å².